The molecule has 0 bridgehead atoms. The van der Waals surface area contributed by atoms with Gasteiger partial charge in [0.25, 0.3) is 0 Å². The summed E-state index contributed by atoms with van der Waals surface area (Å²) in [5.41, 5.74) is -2.14. The van der Waals surface area contributed by atoms with E-state index in [1.165, 1.54) is 6.92 Å². The summed E-state index contributed by atoms with van der Waals surface area (Å²) in [6.07, 6.45) is 0. The number of fused-ring (bicyclic) bond motifs is 1. The first-order valence-electron chi connectivity index (χ1n) is 5.25. The molecule has 1 heterocycles. The fourth-order valence-electron chi connectivity index (χ4n) is 1.91. The highest BCUT2D eigenvalue weighted by atomic mass is 32.2. The standard InChI is InChI=1S/C12H14O4S/c1-11(2)12(3,13)10(17(14)15)8-6-4-5-7-9(8)16-11/h4-7,13H,1-3H3. The molecule has 0 aromatic heterocycles. The van der Waals surface area contributed by atoms with Gasteiger partial charge in [-0.05, 0) is 32.9 Å². The van der Waals surface area contributed by atoms with Crippen LogP contribution in [0, 0.1) is 0 Å². The van der Waals surface area contributed by atoms with E-state index in [1.54, 1.807) is 38.1 Å². The van der Waals surface area contributed by atoms with Gasteiger partial charge in [-0.25, -0.2) is 0 Å². The van der Waals surface area contributed by atoms with Crippen LogP contribution >= 0.6 is 0 Å². The molecule has 0 spiro atoms. The van der Waals surface area contributed by atoms with Crippen molar-refractivity contribution < 1.29 is 18.3 Å². The van der Waals surface area contributed by atoms with E-state index < -0.39 is 21.5 Å². The van der Waals surface area contributed by atoms with Crippen molar-refractivity contribution in [2.24, 2.45) is 0 Å². The number of hydrogen-bond acceptors (Lipinski definition) is 4. The van der Waals surface area contributed by atoms with Crippen molar-refractivity contribution in [3.63, 3.8) is 0 Å². The van der Waals surface area contributed by atoms with Crippen LogP contribution in [0.4, 0.5) is 0 Å². The number of ether oxygens (including phenoxy) is 1. The van der Waals surface area contributed by atoms with Crippen LogP contribution in [0.2, 0.25) is 0 Å². The van der Waals surface area contributed by atoms with E-state index >= 15 is 0 Å². The van der Waals surface area contributed by atoms with Crippen molar-refractivity contribution in [3.05, 3.63) is 29.8 Å². The SMILES string of the molecule is CC1(C)Oc2ccccc2C(=S(=O)=O)C1(C)O. The number of hydrogen-bond donors (Lipinski definition) is 1. The second kappa shape index (κ2) is 3.58. The molecule has 0 amide bonds. The lowest BCUT2D eigenvalue weighted by molar-refractivity contribution is -0.0617. The first-order chi connectivity index (χ1) is 7.77. The van der Waals surface area contributed by atoms with Crippen LogP contribution in [0.15, 0.2) is 24.3 Å². The average Bonchev–Trinajstić information content (AvgIpc) is 2.17. The molecule has 0 radical (unpaired) electrons. The second-order valence-corrected chi connectivity index (χ2v) is 5.62. The maximum Gasteiger partial charge on any atom is 0.221 e. The number of benzene rings is 1. The topological polar surface area (TPSA) is 63.6 Å². The third-order valence-corrected chi connectivity index (χ3v) is 4.23. The molecule has 1 N–H and O–H groups in total. The van der Waals surface area contributed by atoms with Crippen LogP contribution in [-0.2, 0) is 10.3 Å². The van der Waals surface area contributed by atoms with Crippen LogP contribution < -0.4 is 4.74 Å². The van der Waals surface area contributed by atoms with E-state index in [0.29, 0.717) is 11.3 Å². The normalized spacial score (nSPS) is 26.0. The molecule has 92 valence electrons. The zero-order valence-electron chi connectivity index (χ0n) is 9.89. The third-order valence-electron chi connectivity index (χ3n) is 3.28. The van der Waals surface area contributed by atoms with E-state index in [9.17, 15) is 13.5 Å². The average molecular weight is 254 g/mol. The van der Waals surface area contributed by atoms with Gasteiger partial charge in [0.05, 0.1) is 0 Å². The minimum Gasteiger partial charge on any atom is -0.484 e. The summed E-state index contributed by atoms with van der Waals surface area (Å²) in [5.74, 6) is 0.475. The molecule has 1 aromatic rings. The van der Waals surface area contributed by atoms with Gasteiger partial charge in [-0.3, -0.25) is 0 Å². The first kappa shape index (κ1) is 12.1. The maximum atomic E-state index is 11.4. The quantitative estimate of drug-likeness (QED) is 0.702. The highest BCUT2D eigenvalue weighted by Crippen LogP contribution is 2.39. The Kier molecular flexibility index (Phi) is 2.56. The van der Waals surface area contributed by atoms with Gasteiger partial charge in [0.15, 0.2) is 0 Å². The molecule has 0 aliphatic carbocycles. The third kappa shape index (κ3) is 1.66. The summed E-state index contributed by atoms with van der Waals surface area (Å²) < 4.78 is 28.4. The van der Waals surface area contributed by atoms with Crippen LogP contribution in [0.25, 0.3) is 0 Å². The molecule has 4 nitrogen and oxygen atoms in total. The summed E-state index contributed by atoms with van der Waals surface area (Å²) in [5, 5.41) is 10.4. The van der Waals surface area contributed by atoms with Crippen molar-refractivity contribution in [2.45, 2.75) is 32.0 Å². The molecule has 1 unspecified atom stereocenters. The fraction of sp³-hybridized carbons (Fsp3) is 0.417. The summed E-state index contributed by atoms with van der Waals surface area (Å²) in [6.45, 7) is 4.78. The van der Waals surface area contributed by atoms with Gasteiger partial charge in [0.2, 0.25) is 10.3 Å². The predicted molar refractivity (Wildman–Crippen MR) is 64.8 cm³/mol. The Labute approximate surface area is 101 Å². The molecule has 17 heavy (non-hydrogen) atoms. The van der Waals surface area contributed by atoms with Crippen molar-refractivity contribution in [1.82, 2.24) is 0 Å². The molecule has 1 aliphatic rings. The van der Waals surface area contributed by atoms with Crippen molar-refractivity contribution >= 4 is 15.2 Å². The van der Waals surface area contributed by atoms with E-state index in [2.05, 4.69) is 0 Å². The lowest BCUT2D eigenvalue weighted by Gasteiger charge is -2.44. The number of aliphatic hydroxyl groups is 1. The lowest BCUT2D eigenvalue weighted by atomic mass is 9.79. The smallest absolute Gasteiger partial charge is 0.221 e. The lowest BCUT2D eigenvalue weighted by Crippen LogP contribution is -2.60. The van der Waals surface area contributed by atoms with Gasteiger partial charge in [0, 0.05) is 5.56 Å². The minimum atomic E-state index is -2.49. The predicted octanol–water partition coefficient (Wildman–Crippen LogP) is 1.01. The Morgan fingerprint density at radius 3 is 2.35 bits per heavy atom. The second-order valence-electron chi connectivity index (χ2n) is 4.74. The Hall–Kier alpha value is -1.33. The van der Waals surface area contributed by atoms with Crippen molar-refractivity contribution in [1.29, 1.82) is 0 Å². The monoisotopic (exact) mass is 254 g/mol. The van der Waals surface area contributed by atoms with E-state index in [-0.39, 0.29) is 4.86 Å². The molecule has 1 aromatic carbocycles. The van der Waals surface area contributed by atoms with Gasteiger partial charge in [-0.15, -0.1) is 0 Å². The molecular formula is C12H14O4S. The zero-order chi connectivity index (χ0) is 12.8. The minimum absolute atomic E-state index is 0.0237. The van der Waals surface area contributed by atoms with Crippen molar-refractivity contribution in [3.8, 4) is 5.75 Å². The van der Waals surface area contributed by atoms with E-state index in [0.717, 1.165) is 0 Å². The summed E-state index contributed by atoms with van der Waals surface area (Å²) in [7, 11) is -2.49. The summed E-state index contributed by atoms with van der Waals surface area (Å²) in [6, 6.07) is 6.80. The number of rotatable bonds is 0. The first-order valence-corrected chi connectivity index (χ1v) is 6.32. The van der Waals surface area contributed by atoms with E-state index in [4.69, 9.17) is 4.74 Å². The van der Waals surface area contributed by atoms with Gasteiger partial charge in [-0.1, -0.05) is 12.1 Å². The van der Waals surface area contributed by atoms with Gasteiger partial charge in [-0.2, -0.15) is 8.42 Å². The Morgan fingerprint density at radius 1 is 1.18 bits per heavy atom. The van der Waals surface area contributed by atoms with Gasteiger partial charge >= 0.3 is 0 Å². The molecule has 0 saturated heterocycles. The summed E-state index contributed by atoms with van der Waals surface area (Å²) >= 11 is 0. The Bertz CT molecular complexity index is 589. The zero-order valence-corrected chi connectivity index (χ0v) is 10.7. The highest BCUT2D eigenvalue weighted by molar-refractivity contribution is 7.73. The number of para-hydroxylation sites is 1. The van der Waals surface area contributed by atoms with Crippen LogP contribution in [0.3, 0.4) is 0 Å². The van der Waals surface area contributed by atoms with Crippen LogP contribution in [-0.4, -0.2) is 29.6 Å². The van der Waals surface area contributed by atoms with Crippen molar-refractivity contribution in [2.75, 3.05) is 0 Å². The molecule has 0 fully saturated rings. The van der Waals surface area contributed by atoms with Crippen LogP contribution in [0.1, 0.15) is 26.3 Å². The highest BCUT2D eigenvalue weighted by Gasteiger charge is 2.51. The maximum absolute atomic E-state index is 11.4. The molecule has 1 atom stereocenters. The molecule has 2 rings (SSSR count). The van der Waals surface area contributed by atoms with Crippen LogP contribution in [0.5, 0.6) is 5.75 Å². The molecule has 0 saturated carbocycles. The fourth-order valence-corrected chi connectivity index (χ4v) is 2.82. The summed E-state index contributed by atoms with van der Waals surface area (Å²) in [4.78, 5) is -0.0237. The van der Waals surface area contributed by atoms with E-state index in [1.807, 2.05) is 0 Å². The molecule has 5 heteroatoms. The van der Waals surface area contributed by atoms with Gasteiger partial charge in [0.1, 0.15) is 21.8 Å². The van der Waals surface area contributed by atoms with Gasteiger partial charge < -0.3 is 9.84 Å². The Balaban J connectivity index is 2.85. The Morgan fingerprint density at radius 2 is 1.76 bits per heavy atom. The largest absolute Gasteiger partial charge is 0.484 e. The molecule has 1 aliphatic heterocycles. The molecular weight excluding hydrogens is 240 g/mol.